The Kier molecular flexibility index (Phi) is 11.3. The van der Waals surface area contributed by atoms with Crippen LogP contribution in [-0.2, 0) is 12.1 Å². The Morgan fingerprint density at radius 1 is 1.26 bits per heavy atom. The largest absolute Gasteiger partial charge is 0.496 e. The highest BCUT2D eigenvalue weighted by Gasteiger charge is 2.46. The second-order valence-corrected chi connectivity index (χ2v) is 10.7. The van der Waals surface area contributed by atoms with Gasteiger partial charge in [0.05, 0.1) is 37.8 Å². The van der Waals surface area contributed by atoms with Gasteiger partial charge in [0.1, 0.15) is 28.6 Å². The second kappa shape index (κ2) is 14.4. The molecule has 3 N–H and O–H groups in total. The maximum atomic E-state index is 13.8. The summed E-state index contributed by atoms with van der Waals surface area (Å²) in [4.78, 5) is 21.9. The lowest BCUT2D eigenvalue weighted by atomic mass is 9.91. The summed E-state index contributed by atoms with van der Waals surface area (Å²) in [5.41, 5.74) is 4.57. The molecule has 1 aliphatic rings. The van der Waals surface area contributed by atoms with Crippen LogP contribution in [0.25, 0.3) is 5.57 Å². The number of rotatable bonds is 14. The number of nitrogens with one attached hydrogen (secondary N) is 2. The van der Waals surface area contributed by atoms with E-state index in [-0.39, 0.29) is 23.4 Å². The van der Waals surface area contributed by atoms with E-state index in [0.29, 0.717) is 46.1 Å². The van der Waals surface area contributed by atoms with Crippen LogP contribution in [0.15, 0.2) is 64.4 Å². The van der Waals surface area contributed by atoms with Crippen LogP contribution in [0, 0.1) is 5.92 Å². The molecule has 1 atom stereocenters. The van der Waals surface area contributed by atoms with E-state index in [1.165, 1.54) is 20.1 Å². The Morgan fingerprint density at radius 2 is 1.95 bits per heavy atom. The number of carbonyl (C=O) groups excluding carboxylic acids is 1. The van der Waals surface area contributed by atoms with Gasteiger partial charge in [-0.05, 0) is 68.5 Å². The van der Waals surface area contributed by atoms with Crippen LogP contribution in [0.5, 0.6) is 11.5 Å². The van der Waals surface area contributed by atoms with Gasteiger partial charge in [0.25, 0.3) is 5.91 Å². The highest BCUT2D eigenvalue weighted by Crippen LogP contribution is 2.46. The van der Waals surface area contributed by atoms with Crippen LogP contribution in [0.4, 0.5) is 4.39 Å². The zero-order valence-corrected chi connectivity index (χ0v) is 25.7. The quantitative estimate of drug-likeness (QED) is 0.120. The standard InChI is InChI=1S/C31H39ClFN5O4/c1-19(2)24(15-25(32)20(3)33)29-26(41-6)12-13-28(37-29)31(40,23-10-11-23)17-35-30(39)21-8-9-22(27(14-21)42-7)16-38(5)36-18-34-4/h8-9,12-15,18,23,40H,1,10-11,16-17H2,2-7H3,(H,34,36)(H,35,39). The molecule has 1 heterocycles. The van der Waals surface area contributed by atoms with E-state index in [1.54, 1.807) is 51.7 Å². The number of nitrogens with zero attached hydrogens (tertiary/aromatic N) is 3. The molecule has 0 aliphatic heterocycles. The van der Waals surface area contributed by atoms with E-state index in [2.05, 4.69) is 22.3 Å². The smallest absolute Gasteiger partial charge is 0.251 e. The van der Waals surface area contributed by atoms with Crippen LogP contribution < -0.4 is 20.2 Å². The maximum absolute atomic E-state index is 13.8. The number of aliphatic imine (C=N–C) groups is 1. The summed E-state index contributed by atoms with van der Waals surface area (Å²) in [7, 11) is 6.57. The molecule has 1 aromatic heterocycles. The second-order valence-electron chi connectivity index (χ2n) is 10.2. The number of hydrogen-bond donors (Lipinski definition) is 3. The number of hydrazine groups is 1. The minimum atomic E-state index is -1.45. The minimum Gasteiger partial charge on any atom is -0.496 e. The monoisotopic (exact) mass is 599 g/mol. The van der Waals surface area contributed by atoms with Gasteiger partial charge in [-0.1, -0.05) is 24.2 Å². The van der Waals surface area contributed by atoms with E-state index in [1.807, 2.05) is 18.1 Å². The molecule has 0 bridgehead atoms. The number of hydrogen-bond acceptors (Lipinski definition) is 7. The van der Waals surface area contributed by atoms with Gasteiger partial charge in [-0.3, -0.25) is 9.79 Å². The lowest BCUT2D eigenvalue weighted by Gasteiger charge is -2.29. The van der Waals surface area contributed by atoms with Gasteiger partial charge in [-0.25, -0.2) is 14.4 Å². The van der Waals surface area contributed by atoms with E-state index in [4.69, 9.17) is 26.1 Å². The first kappa shape index (κ1) is 32.8. The van der Waals surface area contributed by atoms with Crippen LogP contribution in [0.3, 0.4) is 0 Å². The average molecular weight is 600 g/mol. The van der Waals surface area contributed by atoms with Crippen molar-refractivity contribution in [1.82, 2.24) is 20.7 Å². The van der Waals surface area contributed by atoms with E-state index in [0.717, 1.165) is 18.4 Å². The van der Waals surface area contributed by atoms with Gasteiger partial charge >= 0.3 is 0 Å². The molecule has 11 heteroatoms. The summed E-state index contributed by atoms with van der Waals surface area (Å²) in [5, 5.41) is 16.5. The molecular formula is C31H39ClFN5O4. The van der Waals surface area contributed by atoms with Crippen LogP contribution in [0.2, 0.25) is 0 Å². The van der Waals surface area contributed by atoms with Crippen LogP contribution in [0.1, 0.15) is 54.0 Å². The first-order valence-corrected chi connectivity index (χ1v) is 13.8. The molecule has 1 aromatic carbocycles. The maximum Gasteiger partial charge on any atom is 0.251 e. The lowest BCUT2D eigenvalue weighted by Crippen LogP contribution is -2.43. The Morgan fingerprint density at radius 3 is 2.52 bits per heavy atom. The van der Waals surface area contributed by atoms with E-state index < -0.39 is 11.4 Å². The van der Waals surface area contributed by atoms with Crippen molar-refractivity contribution in [2.45, 2.75) is 38.8 Å². The number of ether oxygens (including phenoxy) is 2. The van der Waals surface area contributed by atoms with E-state index in [9.17, 15) is 14.3 Å². The molecule has 226 valence electrons. The van der Waals surface area contributed by atoms with Crippen molar-refractivity contribution >= 4 is 29.4 Å². The summed E-state index contributed by atoms with van der Waals surface area (Å²) in [6.07, 6.45) is 4.57. The number of amides is 1. The number of halogens is 2. The fraction of sp³-hybridized carbons (Fsp3) is 0.387. The number of aromatic nitrogens is 1. The van der Waals surface area contributed by atoms with Crippen molar-refractivity contribution in [2.75, 3.05) is 34.9 Å². The molecule has 1 amide bonds. The van der Waals surface area contributed by atoms with Crippen molar-refractivity contribution in [2.24, 2.45) is 10.9 Å². The molecule has 42 heavy (non-hydrogen) atoms. The molecule has 1 saturated carbocycles. The van der Waals surface area contributed by atoms with E-state index >= 15 is 0 Å². The number of carbonyl (C=O) groups is 1. The summed E-state index contributed by atoms with van der Waals surface area (Å²) < 4.78 is 24.9. The van der Waals surface area contributed by atoms with Gasteiger partial charge in [0.2, 0.25) is 0 Å². The Labute approximate surface area is 251 Å². The van der Waals surface area contributed by atoms with Crippen molar-refractivity contribution in [3.8, 4) is 11.5 Å². The highest BCUT2D eigenvalue weighted by molar-refractivity contribution is 6.32. The molecule has 1 fully saturated rings. The number of allylic oxidation sites excluding steroid dienone is 5. The predicted molar refractivity (Wildman–Crippen MR) is 164 cm³/mol. The number of benzene rings is 1. The molecular weight excluding hydrogens is 561 g/mol. The van der Waals surface area contributed by atoms with Gasteiger partial charge in [-0.15, -0.1) is 0 Å². The Balaban J connectivity index is 1.89. The zero-order valence-electron chi connectivity index (χ0n) is 24.9. The third kappa shape index (κ3) is 7.96. The van der Waals surface area contributed by atoms with Gasteiger partial charge in [0, 0.05) is 37.3 Å². The predicted octanol–water partition coefficient (Wildman–Crippen LogP) is 5.12. The molecule has 1 unspecified atom stereocenters. The fourth-order valence-corrected chi connectivity index (χ4v) is 4.57. The summed E-state index contributed by atoms with van der Waals surface area (Å²) in [5.74, 6) is -0.0608. The molecule has 3 rings (SSSR count). The molecule has 0 radical (unpaired) electrons. The molecule has 0 spiro atoms. The summed E-state index contributed by atoms with van der Waals surface area (Å²) >= 11 is 6.11. The van der Waals surface area contributed by atoms with Crippen LogP contribution >= 0.6 is 11.6 Å². The molecule has 1 aliphatic carbocycles. The zero-order chi connectivity index (χ0) is 31.0. The average Bonchev–Trinajstić information content (AvgIpc) is 3.83. The minimum absolute atomic E-state index is 0.0707. The van der Waals surface area contributed by atoms with Gasteiger partial charge < -0.3 is 25.3 Å². The topological polar surface area (TPSA) is 108 Å². The summed E-state index contributed by atoms with van der Waals surface area (Å²) in [6.45, 7) is 7.44. The normalized spacial score (nSPS) is 15.7. The van der Waals surface area contributed by atoms with Crippen LogP contribution in [-0.4, -0.2) is 62.2 Å². The van der Waals surface area contributed by atoms with Gasteiger partial charge in [-0.2, -0.15) is 0 Å². The van der Waals surface area contributed by atoms with Gasteiger partial charge in [0.15, 0.2) is 0 Å². The fourth-order valence-electron chi connectivity index (χ4n) is 4.46. The van der Waals surface area contributed by atoms with Crippen molar-refractivity contribution in [3.05, 3.63) is 81.9 Å². The Hall–Kier alpha value is -3.73. The van der Waals surface area contributed by atoms with Crippen molar-refractivity contribution in [3.63, 3.8) is 0 Å². The SMILES string of the molecule is C=C(C)C(=CC(Cl)=C(C)F)c1nc(C(O)(CNC(=O)c2ccc(CN(C)NC=NC)c(OC)c2)C2CC2)ccc1OC. The van der Waals surface area contributed by atoms with Crippen molar-refractivity contribution < 1.29 is 23.8 Å². The summed E-state index contributed by atoms with van der Waals surface area (Å²) in [6, 6.07) is 8.56. The number of aliphatic hydroxyl groups is 1. The first-order valence-electron chi connectivity index (χ1n) is 13.5. The molecule has 2 aromatic rings. The molecule has 9 nitrogen and oxygen atoms in total. The lowest BCUT2D eigenvalue weighted by molar-refractivity contribution is 0.00937. The Bertz CT molecular complexity index is 1400. The number of methoxy groups -OCH3 is 2. The molecule has 0 saturated heterocycles. The third-order valence-electron chi connectivity index (χ3n) is 6.97. The number of pyridine rings is 1. The first-order chi connectivity index (χ1) is 19.9. The highest BCUT2D eigenvalue weighted by atomic mass is 35.5. The third-order valence-corrected chi connectivity index (χ3v) is 7.34. The van der Waals surface area contributed by atoms with Crippen molar-refractivity contribution in [1.29, 1.82) is 0 Å².